The number of benzene rings is 2. The predicted octanol–water partition coefficient (Wildman–Crippen LogP) is 3.55. The molecule has 1 aromatic heterocycles. The number of fused-ring (bicyclic) bond motifs is 1. The summed E-state index contributed by atoms with van der Waals surface area (Å²) in [5.41, 5.74) is 2.64. The van der Waals surface area contributed by atoms with E-state index < -0.39 is 4.92 Å². The van der Waals surface area contributed by atoms with E-state index in [1.165, 1.54) is 12.1 Å². The molecule has 2 aromatic carbocycles. The molecule has 23 heavy (non-hydrogen) atoms. The molecule has 0 unspecified atom stereocenters. The molecule has 0 amide bonds. The normalized spacial score (nSPS) is 11.4. The molecular formula is C17H12N4O2. The van der Waals surface area contributed by atoms with Crippen molar-refractivity contribution in [1.29, 1.82) is 5.26 Å². The van der Waals surface area contributed by atoms with Crippen molar-refractivity contribution in [2.24, 2.45) is 7.05 Å². The molecule has 6 heteroatoms. The first-order chi connectivity index (χ1) is 11.1. The number of allylic oxidation sites excluding steroid dienone is 1. The minimum absolute atomic E-state index is 0.0129. The summed E-state index contributed by atoms with van der Waals surface area (Å²) in [7, 11) is 1.84. The maximum absolute atomic E-state index is 10.9. The number of nitro groups is 1. The maximum atomic E-state index is 10.9. The van der Waals surface area contributed by atoms with Gasteiger partial charge in [0, 0.05) is 19.2 Å². The van der Waals surface area contributed by atoms with Crippen molar-refractivity contribution in [3.05, 3.63) is 70.0 Å². The highest BCUT2D eigenvalue weighted by Gasteiger charge is 2.12. The number of imidazole rings is 1. The molecule has 0 aliphatic heterocycles. The third-order valence-corrected chi connectivity index (χ3v) is 3.54. The van der Waals surface area contributed by atoms with E-state index in [2.05, 4.69) is 11.1 Å². The number of para-hydroxylation sites is 2. The lowest BCUT2D eigenvalue weighted by molar-refractivity contribution is -0.384. The van der Waals surface area contributed by atoms with Crippen molar-refractivity contribution < 1.29 is 4.92 Å². The van der Waals surface area contributed by atoms with Crippen LogP contribution in [0.15, 0.2) is 48.5 Å². The molecule has 0 radical (unpaired) electrons. The molecule has 0 atom stereocenters. The van der Waals surface area contributed by atoms with Crippen LogP contribution in [0.25, 0.3) is 22.7 Å². The van der Waals surface area contributed by atoms with Crippen LogP contribution in [0.3, 0.4) is 0 Å². The number of hydrogen-bond acceptors (Lipinski definition) is 4. The quantitative estimate of drug-likeness (QED) is 0.421. The Morgan fingerprint density at radius 3 is 2.78 bits per heavy atom. The molecule has 0 aliphatic carbocycles. The first kappa shape index (κ1) is 14.5. The van der Waals surface area contributed by atoms with Crippen molar-refractivity contribution in [3.8, 4) is 6.07 Å². The van der Waals surface area contributed by atoms with Crippen LogP contribution in [0.5, 0.6) is 0 Å². The zero-order valence-corrected chi connectivity index (χ0v) is 12.3. The Balaban J connectivity index is 2.12. The average Bonchev–Trinajstić information content (AvgIpc) is 2.90. The molecule has 3 rings (SSSR count). The second-order valence-electron chi connectivity index (χ2n) is 5.01. The number of hydrogen-bond donors (Lipinski definition) is 0. The molecule has 0 bridgehead atoms. The van der Waals surface area contributed by atoms with Gasteiger partial charge in [-0.2, -0.15) is 5.26 Å². The summed E-state index contributed by atoms with van der Waals surface area (Å²) in [5, 5.41) is 20.3. The molecule has 0 spiro atoms. The number of nitro benzene ring substituents is 1. The third-order valence-electron chi connectivity index (χ3n) is 3.54. The number of nitrogens with zero attached hydrogens (tertiary/aromatic N) is 4. The lowest BCUT2D eigenvalue weighted by Crippen LogP contribution is -1.96. The highest BCUT2D eigenvalue weighted by molar-refractivity contribution is 5.91. The fourth-order valence-electron chi connectivity index (χ4n) is 2.43. The van der Waals surface area contributed by atoms with Gasteiger partial charge in [-0.15, -0.1) is 0 Å². The predicted molar refractivity (Wildman–Crippen MR) is 87.3 cm³/mol. The topological polar surface area (TPSA) is 84.8 Å². The van der Waals surface area contributed by atoms with Gasteiger partial charge in [-0.3, -0.25) is 10.1 Å². The number of rotatable bonds is 3. The number of non-ortho nitro benzene ring substituents is 1. The molecule has 3 aromatic rings. The van der Waals surface area contributed by atoms with Crippen molar-refractivity contribution in [2.45, 2.75) is 0 Å². The highest BCUT2D eigenvalue weighted by atomic mass is 16.6. The van der Waals surface area contributed by atoms with Crippen LogP contribution < -0.4 is 0 Å². The average molecular weight is 304 g/mol. The first-order valence-corrected chi connectivity index (χ1v) is 6.88. The summed E-state index contributed by atoms with van der Waals surface area (Å²) in [5.74, 6) is 0.528. The Morgan fingerprint density at radius 1 is 1.30 bits per heavy atom. The van der Waals surface area contributed by atoms with Gasteiger partial charge in [0.25, 0.3) is 5.69 Å². The van der Waals surface area contributed by atoms with Crippen molar-refractivity contribution in [3.63, 3.8) is 0 Å². The van der Waals surface area contributed by atoms with E-state index >= 15 is 0 Å². The Bertz CT molecular complexity index is 980. The zero-order chi connectivity index (χ0) is 16.4. The number of aromatic nitrogens is 2. The van der Waals surface area contributed by atoms with Crippen molar-refractivity contribution >= 4 is 28.4 Å². The molecule has 0 fully saturated rings. The highest BCUT2D eigenvalue weighted by Crippen LogP contribution is 2.23. The Morgan fingerprint density at radius 2 is 2.09 bits per heavy atom. The maximum Gasteiger partial charge on any atom is 0.270 e. The van der Waals surface area contributed by atoms with Gasteiger partial charge in [0.15, 0.2) is 5.82 Å². The van der Waals surface area contributed by atoms with Gasteiger partial charge in [-0.05, 0) is 23.8 Å². The summed E-state index contributed by atoms with van der Waals surface area (Å²) in [4.78, 5) is 14.9. The minimum Gasteiger partial charge on any atom is -0.327 e. The van der Waals surface area contributed by atoms with Crippen LogP contribution in [0.1, 0.15) is 11.4 Å². The number of nitriles is 1. The first-order valence-electron chi connectivity index (χ1n) is 6.88. The summed E-state index contributed by atoms with van der Waals surface area (Å²) in [6.07, 6.45) is 1.61. The zero-order valence-electron chi connectivity index (χ0n) is 12.3. The van der Waals surface area contributed by atoms with E-state index in [-0.39, 0.29) is 5.69 Å². The molecule has 0 aliphatic rings. The van der Waals surface area contributed by atoms with Crippen LogP contribution >= 0.6 is 0 Å². The van der Waals surface area contributed by atoms with E-state index in [1.807, 2.05) is 35.9 Å². The van der Waals surface area contributed by atoms with Gasteiger partial charge >= 0.3 is 0 Å². The molecule has 0 saturated heterocycles. The third kappa shape index (κ3) is 2.68. The van der Waals surface area contributed by atoms with Gasteiger partial charge in [0.1, 0.15) is 6.07 Å². The lowest BCUT2D eigenvalue weighted by Gasteiger charge is -2.01. The molecule has 6 nitrogen and oxygen atoms in total. The smallest absolute Gasteiger partial charge is 0.270 e. The lowest BCUT2D eigenvalue weighted by atomic mass is 10.1. The molecular weight excluding hydrogens is 292 g/mol. The monoisotopic (exact) mass is 304 g/mol. The van der Waals surface area contributed by atoms with Crippen LogP contribution in [0.2, 0.25) is 0 Å². The largest absolute Gasteiger partial charge is 0.327 e. The summed E-state index contributed by atoms with van der Waals surface area (Å²) < 4.78 is 1.84. The summed E-state index contributed by atoms with van der Waals surface area (Å²) >= 11 is 0. The van der Waals surface area contributed by atoms with Crippen LogP contribution in [-0.2, 0) is 7.05 Å². The van der Waals surface area contributed by atoms with E-state index in [4.69, 9.17) is 0 Å². The summed E-state index contributed by atoms with van der Waals surface area (Å²) in [6.45, 7) is 0. The van der Waals surface area contributed by atoms with E-state index in [9.17, 15) is 15.4 Å². The van der Waals surface area contributed by atoms with Crippen molar-refractivity contribution in [1.82, 2.24) is 9.55 Å². The molecule has 1 heterocycles. The Labute approximate surface area is 132 Å². The van der Waals surface area contributed by atoms with Crippen LogP contribution in [0.4, 0.5) is 5.69 Å². The van der Waals surface area contributed by atoms with Crippen LogP contribution in [-0.4, -0.2) is 14.5 Å². The SMILES string of the molecule is Cn1c(/C(C#N)=C\c2cccc([N+](=O)[O-])c2)nc2ccccc21. The second kappa shape index (κ2) is 5.73. The van der Waals surface area contributed by atoms with E-state index in [0.29, 0.717) is 17.0 Å². The van der Waals surface area contributed by atoms with Crippen LogP contribution in [0, 0.1) is 21.4 Å². The Kier molecular flexibility index (Phi) is 3.61. The second-order valence-corrected chi connectivity index (χ2v) is 5.01. The fourth-order valence-corrected chi connectivity index (χ4v) is 2.43. The van der Waals surface area contributed by atoms with Gasteiger partial charge in [-0.1, -0.05) is 24.3 Å². The van der Waals surface area contributed by atoms with Gasteiger partial charge in [0.05, 0.1) is 21.5 Å². The molecule has 0 N–H and O–H groups in total. The number of aryl methyl sites for hydroxylation is 1. The van der Waals surface area contributed by atoms with E-state index in [0.717, 1.165) is 11.0 Å². The Hall–Kier alpha value is -3.46. The molecule has 0 saturated carbocycles. The fraction of sp³-hybridized carbons (Fsp3) is 0.0588. The van der Waals surface area contributed by atoms with Crippen molar-refractivity contribution in [2.75, 3.05) is 0 Å². The molecule has 112 valence electrons. The minimum atomic E-state index is -0.460. The van der Waals surface area contributed by atoms with Gasteiger partial charge in [-0.25, -0.2) is 4.98 Å². The summed E-state index contributed by atoms with van der Waals surface area (Å²) in [6, 6.07) is 15.9. The van der Waals surface area contributed by atoms with Gasteiger partial charge in [0.2, 0.25) is 0 Å². The van der Waals surface area contributed by atoms with E-state index in [1.54, 1.807) is 18.2 Å². The standard InChI is InChI=1S/C17H12N4O2/c1-20-16-8-3-2-7-15(16)19-17(20)13(11-18)9-12-5-4-6-14(10-12)21(22)23/h2-10H,1H3/b13-9-. The van der Waals surface area contributed by atoms with Gasteiger partial charge < -0.3 is 4.57 Å².